The fourth-order valence-corrected chi connectivity index (χ4v) is 7.75. The molecule has 3 aliphatic heterocycles. The Kier molecular flexibility index (Phi) is 4.93. The number of anilines is 2. The molecule has 0 amide bonds. The fraction of sp³-hybridized carbons (Fsp3) is 0.565. The maximum Gasteiger partial charge on any atom is 0.319 e. The average molecular weight is 500 g/mol. The first-order valence-corrected chi connectivity index (χ1v) is 12.6. The summed E-state index contributed by atoms with van der Waals surface area (Å²) in [7, 11) is 0. The standard InChI is InChI=1S/C23H23ClFN7OS/c24-18-15(8-27)20(30-21(29-18)33-12-23-3-1-5-32(23)9-13(25)6-23)31-10-22(11-31)4-2-16-17(22)14(7-26)19(28)34-16/h13H,1-6,9-12,28H2/t13-,23+/m1/s1. The van der Waals surface area contributed by atoms with Gasteiger partial charge in [-0.1, -0.05) is 11.6 Å². The molecule has 6 rings (SSSR count). The van der Waals surface area contributed by atoms with Gasteiger partial charge in [0.25, 0.3) is 0 Å². The maximum absolute atomic E-state index is 14.1. The molecular weight excluding hydrogens is 477 g/mol. The summed E-state index contributed by atoms with van der Waals surface area (Å²) in [5.41, 5.74) is 7.45. The van der Waals surface area contributed by atoms with Crippen LogP contribution in [0.4, 0.5) is 15.2 Å². The summed E-state index contributed by atoms with van der Waals surface area (Å²) in [6.45, 7) is 2.85. The Hall–Kier alpha value is -2.66. The van der Waals surface area contributed by atoms with Crippen molar-refractivity contribution in [2.24, 2.45) is 0 Å². The summed E-state index contributed by atoms with van der Waals surface area (Å²) < 4.78 is 20.1. The van der Waals surface area contributed by atoms with Crippen molar-refractivity contribution >= 4 is 33.8 Å². The minimum Gasteiger partial charge on any atom is -0.461 e. The van der Waals surface area contributed by atoms with E-state index in [0.717, 1.165) is 37.8 Å². The van der Waals surface area contributed by atoms with E-state index < -0.39 is 6.17 Å². The summed E-state index contributed by atoms with van der Waals surface area (Å²) in [4.78, 5) is 14.1. The van der Waals surface area contributed by atoms with Crippen molar-refractivity contribution in [3.63, 3.8) is 0 Å². The Morgan fingerprint density at radius 3 is 2.79 bits per heavy atom. The van der Waals surface area contributed by atoms with E-state index in [9.17, 15) is 14.9 Å². The molecule has 3 saturated heterocycles. The summed E-state index contributed by atoms with van der Waals surface area (Å²) >= 11 is 7.86. The molecule has 4 aliphatic rings. The van der Waals surface area contributed by atoms with Crippen LogP contribution in [0.3, 0.4) is 0 Å². The number of nitrogen functional groups attached to an aromatic ring is 1. The van der Waals surface area contributed by atoms with Gasteiger partial charge in [-0.15, -0.1) is 11.3 Å². The van der Waals surface area contributed by atoms with Crippen molar-refractivity contribution in [3.8, 4) is 18.1 Å². The van der Waals surface area contributed by atoms with E-state index in [-0.39, 0.29) is 27.7 Å². The Bertz CT molecular complexity index is 1260. The maximum atomic E-state index is 14.1. The van der Waals surface area contributed by atoms with Gasteiger partial charge in [0.1, 0.15) is 35.5 Å². The Morgan fingerprint density at radius 2 is 2.03 bits per heavy atom. The number of nitriles is 2. The molecule has 0 bridgehead atoms. The van der Waals surface area contributed by atoms with Crippen molar-refractivity contribution in [2.45, 2.75) is 49.2 Å². The predicted molar refractivity (Wildman–Crippen MR) is 126 cm³/mol. The number of ether oxygens (including phenoxy) is 1. The normalized spacial score (nSPS) is 26.7. The van der Waals surface area contributed by atoms with Gasteiger partial charge in [0.2, 0.25) is 0 Å². The number of hydrogen-bond acceptors (Lipinski definition) is 9. The third-order valence-electron chi connectivity index (χ3n) is 7.94. The van der Waals surface area contributed by atoms with Gasteiger partial charge >= 0.3 is 6.01 Å². The molecule has 0 radical (unpaired) electrons. The number of halogens is 2. The summed E-state index contributed by atoms with van der Waals surface area (Å²) in [5.74, 6) is 0.439. The molecule has 2 atom stereocenters. The van der Waals surface area contributed by atoms with Crippen LogP contribution in [0.5, 0.6) is 6.01 Å². The van der Waals surface area contributed by atoms with Crippen molar-refractivity contribution < 1.29 is 9.13 Å². The number of hydrogen-bond donors (Lipinski definition) is 1. The van der Waals surface area contributed by atoms with Crippen molar-refractivity contribution in [1.82, 2.24) is 14.9 Å². The fourth-order valence-electron chi connectivity index (χ4n) is 6.41. The lowest BCUT2D eigenvalue weighted by molar-refractivity contribution is 0.107. The van der Waals surface area contributed by atoms with Crippen LogP contribution < -0.4 is 15.4 Å². The number of rotatable bonds is 4. The van der Waals surface area contributed by atoms with E-state index in [2.05, 4.69) is 27.0 Å². The number of fused-ring (bicyclic) bond motifs is 3. The molecule has 11 heteroatoms. The number of aromatic nitrogens is 2. The molecule has 176 valence electrons. The molecule has 0 unspecified atom stereocenters. The van der Waals surface area contributed by atoms with Crippen molar-refractivity contribution in [3.05, 3.63) is 26.7 Å². The minimum atomic E-state index is -0.844. The van der Waals surface area contributed by atoms with Gasteiger partial charge in [0, 0.05) is 36.3 Å². The predicted octanol–water partition coefficient (Wildman–Crippen LogP) is 3.18. The van der Waals surface area contributed by atoms with Crippen LogP contribution >= 0.6 is 22.9 Å². The number of thiophene rings is 1. The van der Waals surface area contributed by atoms with Gasteiger partial charge in [-0.3, -0.25) is 4.90 Å². The molecule has 2 aromatic rings. The zero-order valence-corrected chi connectivity index (χ0v) is 20.1. The highest BCUT2D eigenvalue weighted by Crippen LogP contribution is 2.52. The smallest absolute Gasteiger partial charge is 0.319 e. The number of alkyl halides is 1. The highest BCUT2D eigenvalue weighted by Gasteiger charge is 2.52. The quantitative estimate of drug-likeness (QED) is 0.638. The molecule has 2 aromatic heterocycles. The average Bonchev–Trinajstić information content (AvgIpc) is 3.49. The first-order valence-electron chi connectivity index (χ1n) is 11.4. The lowest BCUT2D eigenvalue weighted by Gasteiger charge is -2.49. The Balaban J connectivity index is 1.25. The second kappa shape index (κ2) is 7.67. The molecule has 8 nitrogen and oxygen atoms in total. The zero-order valence-electron chi connectivity index (χ0n) is 18.5. The third kappa shape index (κ3) is 3.09. The van der Waals surface area contributed by atoms with Crippen LogP contribution in [-0.2, 0) is 11.8 Å². The molecular formula is C23H23ClFN7OS. The topological polar surface area (TPSA) is 115 Å². The largest absolute Gasteiger partial charge is 0.461 e. The lowest BCUT2D eigenvalue weighted by Crippen LogP contribution is -2.59. The Morgan fingerprint density at radius 1 is 1.24 bits per heavy atom. The monoisotopic (exact) mass is 499 g/mol. The number of aryl methyl sites for hydroxylation is 1. The summed E-state index contributed by atoms with van der Waals surface area (Å²) in [5, 5.41) is 20.0. The van der Waals surface area contributed by atoms with E-state index in [0.29, 0.717) is 49.0 Å². The number of nitrogens with two attached hydrogens (primary N) is 1. The summed E-state index contributed by atoms with van der Waals surface area (Å²) in [6.07, 6.45) is 3.34. The van der Waals surface area contributed by atoms with Gasteiger partial charge in [-0.2, -0.15) is 20.5 Å². The molecule has 3 fully saturated rings. The Labute approximate surface area is 205 Å². The lowest BCUT2D eigenvalue weighted by atomic mass is 9.74. The van der Waals surface area contributed by atoms with Gasteiger partial charge in [0.15, 0.2) is 11.0 Å². The van der Waals surface area contributed by atoms with Gasteiger partial charge in [-0.05, 0) is 37.8 Å². The SMILES string of the molecule is N#Cc1c(Cl)nc(OC[C@@]23CCCN2C[C@H](F)C3)nc1N1CC2(CCc3sc(N)c(C#N)c32)C1. The van der Waals surface area contributed by atoms with Crippen LogP contribution in [0.1, 0.15) is 47.3 Å². The first-order chi connectivity index (χ1) is 16.4. The third-order valence-corrected chi connectivity index (χ3v) is 9.29. The van der Waals surface area contributed by atoms with Crippen LogP contribution in [0, 0.1) is 22.7 Å². The second-order valence-corrected chi connectivity index (χ2v) is 11.4. The minimum absolute atomic E-state index is 0.0450. The van der Waals surface area contributed by atoms with Gasteiger partial charge < -0.3 is 15.4 Å². The molecule has 5 heterocycles. The molecule has 1 spiro atoms. The van der Waals surface area contributed by atoms with E-state index >= 15 is 0 Å². The van der Waals surface area contributed by atoms with E-state index in [1.165, 1.54) is 16.2 Å². The van der Waals surface area contributed by atoms with Crippen LogP contribution in [0.25, 0.3) is 0 Å². The highest BCUT2D eigenvalue weighted by molar-refractivity contribution is 7.16. The van der Waals surface area contributed by atoms with Crippen LogP contribution in [0.15, 0.2) is 0 Å². The molecule has 0 aromatic carbocycles. The van der Waals surface area contributed by atoms with E-state index in [4.69, 9.17) is 22.1 Å². The molecule has 2 N–H and O–H groups in total. The second-order valence-electron chi connectivity index (χ2n) is 9.86. The number of nitrogens with zero attached hydrogens (tertiary/aromatic N) is 6. The van der Waals surface area contributed by atoms with Gasteiger partial charge in [0.05, 0.1) is 11.1 Å². The van der Waals surface area contributed by atoms with Crippen molar-refractivity contribution in [2.75, 3.05) is 43.4 Å². The van der Waals surface area contributed by atoms with Crippen molar-refractivity contribution in [1.29, 1.82) is 10.5 Å². The molecule has 1 aliphatic carbocycles. The van der Waals surface area contributed by atoms with Crippen LogP contribution in [0.2, 0.25) is 5.15 Å². The molecule has 0 saturated carbocycles. The van der Waals surface area contributed by atoms with Crippen LogP contribution in [-0.4, -0.2) is 59.4 Å². The summed E-state index contributed by atoms with van der Waals surface area (Å²) in [6, 6.07) is 4.50. The first kappa shape index (κ1) is 21.8. The molecule has 34 heavy (non-hydrogen) atoms. The zero-order chi connectivity index (χ0) is 23.7. The highest BCUT2D eigenvalue weighted by atomic mass is 35.5. The van der Waals surface area contributed by atoms with E-state index in [1.54, 1.807) is 0 Å². The van der Waals surface area contributed by atoms with Gasteiger partial charge in [-0.25, -0.2) is 4.39 Å². The van der Waals surface area contributed by atoms with E-state index in [1.807, 2.05) is 4.90 Å².